The molecule has 11 nitrogen and oxygen atoms in total. The van der Waals surface area contributed by atoms with Crippen molar-refractivity contribution in [1.29, 1.82) is 0 Å². The van der Waals surface area contributed by atoms with Crippen molar-refractivity contribution < 1.29 is 15.0 Å². The largest absolute Gasteiger partial charge is 0.508 e. The Kier molecular flexibility index (Phi) is 5.47. The molecular weight excluding hydrogens is 392 g/mol. The maximum atomic E-state index is 11.7. The molecule has 30 heavy (non-hydrogen) atoms. The lowest BCUT2D eigenvalue weighted by Gasteiger charge is -2.04. The lowest BCUT2D eigenvalue weighted by molar-refractivity contribution is -0.138. The smallest absolute Gasteiger partial charge is 0.332 e. The first-order valence-electron chi connectivity index (χ1n) is 8.96. The van der Waals surface area contributed by atoms with Gasteiger partial charge in [-0.05, 0) is 23.8 Å². The number of carbonyl (C=O) groups is 1. The van der Waals surface area contributed by atoms with E-state index in [1.807, 2.05) is 0 Å². The van der Waals surface area contributed by atoms with Crippen LogP contribution in [0.1, 0.15) is 5.56 Å². The van der Waals surface area contributed by atoms with Crippen LogP contribution < -0.4 is 17.0 Å². The first-order valence-corrected chi connectivity index (χ1v) is 8.96. The number of nitrogens with two attached hydrogens (primary N) is 1. The van der Waals surface area contributed by atoms with Gasteiger partial charge in [0.1, 0.15) is 11.8 Å². The second kappa shape index (κ2) is 7.87. The Morgan fingerprint density at radius 2 is 1.93 bits per heavy atom. The molecule has 0 aliphatic rings. The maximum Gasteiger partial charge on any atom is 0.332 e. The summed E-state index contributed by atoms with van der Waals surface area (Å²) in [4.78, 5) is 40.8. The number of fused-ring (bicyclic) bond motifs is 2. The molecule has 5 N–H and O–H groups in total. The van der Waals surface area contributed by atoms with Crippen LogP contribution >= 0.6 is 0 Å². The fraction of sp³-hybridized carbons (Fsp3) is 0.263. The summed E-state index contributed by atoms with van der Waals surface area (Å²) in [6, 6.07) is 3.97. The third-order valence-electron chi connectivity index (χ3n) is 4.82. The average molecular weight is 414 g/mol. The fourth-order valence-electron chi connectivity index (χ4n) is 3.13. The second-order valence-electron chi connectivity index (χ2n) is 6.93. The minimum atomic E-state index is -1.03. The van der Waals surface area contributed by atoms with E-state index in [1.165, 1.54) is 17.9 Å². The highest BCUT2D eigenvalue weighted by molar-refractivity contribution is 5.85. The summed E-state index contributed by atoms with van der Waals surface area (Å²) < 4.78 is 4.04. The molecule has 0 aliphatic carbocycles. The van der Waals surface area contributed by atoms with E-state index in [0.29, 0.717) is 11.2 Å². The second-order valence-corrected chi connectivity index (χ2v) is 6.93. The Bertz CT molecular complexity index is 1360. The molecule has 4 rings (SSSR count). The first-order chi connectivity index (χ1) is 14.1. The van der Waals surface area contributed by atoms with Gasteiger partial charge in [-0.2, -0.15) is 0 Å². The van der Waals surface area contributed by atoms with Crippen LogP contribution in [0, 0.1) is 0 Å². The Morgan fingerprint density at radius 3 is 2.60 bits per heavy atom. The van der Waals surface area contributed by atoms with Gasteiger partial charge < -0.3 is 25.5 Å². The van der Waals surface area contributed by atoms with Crippen molar-refractivity contribution >= 4 is 28.0 Å². The summed E-state index contributed by atoms with van der Waals surface area (Å²) in [6.45, 7) is 0. The normalized spacial score (nSPS) is 12.0. The highest BCUT2D eigenvalue weighted by Gasteiger charge is 2.15. The number of phenolic OH excluding ortho intramolecular Hbond substituents is 1. The molecule has 0 fully saturated rings. The monoisotopic (exact) mass is 414 g/mol. The molecule has 0 bridgehead atoms. The lowest BCUT2D eigenvalue weighted by atomic mass is 10.1. The number of hydrogen-bond acceptors (Lipinski definition) is 6. The van der Waals surface area contributed by atoms with Gasteiger partial charge in [-0.15, -0.1) is 0 Å². The third-order valence-corrected chi connectivity index (χ3v) is 4.82. The van der Waals surface area contributed by atoms with E-state index in [1.54, 1.807) is 43.1 Å². The van der Waals surface area contributed by atoms with Gasteiger partial charge in [-0.25, -0.2) is 9.78 Å². The van der Waals surface area contributed by atoms with Gasteiger partial charge >= 0.3 is 11.7 Å². The number of nitrogens with one attached hydrogen (secondary N) is 1. The zero-order chi connectivity index (χ0) is 22.2. The zero-order valence-electron chi connectivity index (χ0n) is 16.7. The van der Waals surface area contributed by atoms with Gasteiger partial charge in [0.25, 0.3) is 5.56 Å². The quantitative estimate of drug-likeness (QED) is 0.361. The molecular formula is C19H22N6O5. The van der Waals surface area contributed by atoms with Gasteiger partial charge in [0.15, 0.2) is 11.2 Å². The summed E-state index contributed by atoms with van der Waals surface area (Å²) in [7, 11) is 4.77. The van der Waals surface area contributed by atoms with E-state index in [9.17, 15) is 19.5 Å². The Labute approximate surface area is 169 Å². The molecule has 0 saturated heterocycles. The molecule has 11 heteroatoms. The topological polar surface area (TPSA) is 161 Å². The molecule has 3 heterocycles. The lowest BCUT2D eigenvalue weighted by Crippen LogP contribution is -2.37. The molecule has 0 spiro atoms. The van der Waals surface area contributed by atoms with Crippen LogP contribution in [0.15, 0.2) is 40.3 Å². The molecule has 0 amide bonds. The van der Waals surface area contributed by atoms with Crippen LogP contribution in [0.4, 0.5) is 0 Å². The molecule has 1 atom stereocenters. The highest BCUT2D eigenvalue weighted by atomic mass is 16.4. The summed E-state index contributed by atoms with van der Waals surface area (Å²) in [6.07, 6.45) is 3.47. The van der Waals surface area contributed by atoms with Crippen molar-refractivity contribution in [1.82, 2.24) is 23.7 Å². The van der Waals surface area contributed by atoms with Crippen molar-refractivity contribution in [2.24, 2.45) is 26.9 Å². The SMILES string of the molecule is Cn1c(=O)c2c(ncn2C)n(C)c1=O.N[C@@H](Cc1c[nH]c2ccc(O)cc12)C(=O)O. The minimum Gasteiger partial charge on any atom is -0.508 e. The first kappa shape index (κ1) is 20.9. The number of aryl methyl sites for hydroxylation is 2. The number of H-pyrrole nitrogens is 1. The van der Waals surface area contributed by atoms with Crippen LogP contribution in [0.2, 0.25) is 0 Å². The van der Waals surface area contributed by atoms with Gasteiger partial charge in [0, 0.05) is 44.7 Å². The molecule has 4 aromatic rings. The summed E-state index contributed by atoms with van der Waals surface area (Å²) in [5.41, 5.74) is 7.29. The van der Waals surface area contributed by atoms with Crippen LogP contribution in [0.3, 0.4) is 0 Å². The average Bonchev–Trinajstić information content (AvgIpc) is 3.28. The number of rotatable bonds is 3. The number of aromatic amines is 1. The molecule has 0 unspecified atom stereocenters. The number of hydrogen-bond donors (Lipinski definition) is 4. The van der Waals surface area contributed by atoms with Crippen LogP contribution in [0.5, 0.6) is 5.75 Å². The number of aromatic nitrogens is 5. The molecule has 0 saturated carbocycles. The number of phenols is 1. The number of benzene rings is 1. The van der Waals surface area contributed by atoms with Gasteiger partial charge in [-0.1, -0.05) is 0 Å². The highest BCUT2D eigenvalue weighted by Crippen LogP contribution is 2.23. The van der Waals surface area contributed by atoms with E-state index in [2.05, 4.69) is 9.97 Å². The van der Waals surface area contributed by atoms with Crippen molar-refractivity contribution in [3.63, 3.8) is 0 Å². The molecule has 1 aromatic carbocycles. The summed E-state index contributed by atoms with van der Waals surface area (Å²) in [5.74, 6) is -0.883. The predicted molar refractivity (Wildman–Crippen MR) is 110 cm³/mol. The zero-order valence-corrected chi connectivity index (χ0v) is 16.7. The Hall–Kier alpha value is -3.86. The van der Waals surface area contributed by atoms with E-state index in [0.717, 1.165) is 21.0 Å². The molecule has 158 valence electrons. The summed E-state index contributed by atoms with van der Waals surface area (Å²) >= 11 is 0. The third kappa shape index (κ3) is 3.70. The van der Waals surface area contributed by atoms with Crippen molar-refractivity contribution in [3.8, 4) is 5.75 Å². The maximum absolute atomic E-state index is 11.7. The molecule has 0 radical (unpaired) electrons. The van der Waals surface area contributed by atoms with Crippen molar-refractivity contribution in [2.45, 2.75) is 12.5 Å². The molecule has 3 aromatic heterocycles. The number of carboxylic acid groups (broad SMARTS) is 1. The fourth-order valence-corrected chi connectivity index (χ4v) is 3.13. The Balaban J connectivity index is 0.000000172. The number of aliphatic carboxylic acids is 1. The van der Waals surface area contributed by atoms with E-state index >= 15 is 0 Å². The van der Waals surface area contributed by atoms with Gasteiger partial charge in [0.05, 0.1) is 6.33 Å². The number of carboxylic acids is 1. The van der Waals surface area contributed by atoms with Crippen molar-refractivity contribution in [2.75, 3.05) is 0 Å². The Morgan fingerprint density at radius 1 is 1.23 bits per heavy atom. The van der Waals surface area contributed by atoms with Crippen LogP contribution in [0.25, 0.3) is 22.1 Å². The number of nitrogens with zero attached hydrogens (tertiary/aromatic N) is 4. The number of imidazole rings is 1. The van der Waals surface area contributed by atoms with Gasteiger partial charge in [0.2, 0.25) is 0 Å². The van der Waals surface area contributed by atoms with Crippen LogP contribution in [-0.2, 0) is 32.4 Å². The van der Waals surface area contributed by atoms with E-state index in [4.69, 9.17) is 10.8 Å². The van der Waals surface area contributed by atoms with Crippen LogP contribution in [-0.4, -0.2) is 45.9 Å². The van der Waals surface area contributed by atoms with Gasteiger partial charge in [-0.3, -0.25) is 18.7 Å². The summed E-state index contributed by atoms with van der Waals surface area (Å²) in [5, 5.41) is 18.9. The predicted octanol–water partition coefficient (Wildman–Crippen LogP) is -0.201. The van der Waals surface area contributed by atoms with E-state index in [-0.39, 0.29) is 23.4 Å². The van der Waals surface area contributed by atoms with E-state index < -0.39 is 12.0 Å². The van der Waals surface area contributed by atoms with Crippen molar-refractivity contribution in [3.05, 3.63) is 57.1 Å². The molecule has 0 aliphatic heterocycles. The standard InChI is InChI=1S/C11H12N2O3.C8H10N4O2/c12-9(11(15)16)3-6-5-13-10-2-1-7(14)4-8(6)10;1-10-4-9-6-5(10)7(13)12(3)8(14)11(6)2/h1-2,4-5,9,13-14H,3,12H2,(H,15,16);4H,1-3H3/t9-;/m0./s1. The minimum absolute atomic E-state index is 0.150. The number of aromatic hydroxyl groups is 1.